The van der Waals surface area contributed by atoms with Gasteiger partial charge in [0.15, 0.2) is 0 Å². The van der Waals surface area contributed by atoms with E-state index in [0.29, 0.717) is 24.0 Å². The lowest BCUT2D eigenvalue weighted by Gasteiger charge is -2.39. The molecule has 4 heterocycles. The van der Waals surface area contributed by atoms with Crippen molar-refractivity contribution in [3.8, 4) is 0 Å². The summed E-state index contributed by atoms with van der Waals surface area (Å²) in [5.41, 5.74) is 0. The standard InChI is InChI=1S/C21H35N5O2S/c1-23-13-15-26(16-14-23)29(27,28)20-8-9-21(22-17-20)25-12-6-7-19(18-25)24-10-4-2-3-5-11-24/h8-9,17,19H,2-7,10-16,18H2,1H3. The van der Waals surface area contributed by atoms with Crippen LogP contribution in [0.15, 0.2) is 23.2 Å². The molecule has 0 aromatic carbocycles. The summed E-state index contributed by atoms with van der Waals surface area (Å²) < 4.78 is 27.4. The molecule has 0 bridgehead atoms. The van der Waals surface area contributed by atoms with Crippen LogP contribution in [-0.4, -0.2) is 93.0 Å². The van der Waals surface area contributed by atoms with Crippen molar-refractivity contribution in [2.75, 3.05) is 64.3 Å². The fourth-order valence-corrected chi connectivity index (χ4v) is 6.18. The smallest absolute Gasteiger partial charge is 0.244 e. The van der Waals surface area contributed by atoms with E-state index in [2.05, 4.69) is 19.7 Å². The molecular formula is C21H35N5O2S. The van der Waals surface area contributed by atoms with Gasteiger partial charge in [0, 0.05) is 51.5 Å². The molecule has 1 unspecified atom stereocenters. The third kappa shape index (κ3) is 4.93. The van der Waals surface area contributed by atoms with Crippen molar-refractivity contribution in [1.29, 1.82) is 0 Å². The number of pyridine rings is 1. The van der Waals surface area contributed by atoms with Crippen LogP contribution in [0.5, 0.6) is 0 Å². The molecule has 0 spiro atoms. The Labute approximate surface area is 175 Å². The fourth-order valence-electron chi connectivity index (χ4n) is 4.81. The molecule has 3 aliphatic heterocycles. The van der Waals surface area contributed by atoms with Crippen LogP contribution < -0.4 is 4.90 Å². The maximum atomic E-state index is 12.9. The lowest BCUT2D eigenvalue weighted by Crippen LogP contribution is -2.48. The van der Waals surface area contributed by atoms with Crippen molar-refractivity contribution in [1.82, 2.24) is 19.1 Å². The summed E-state index contributed by atoms with van der Waals surface area (Å²) in [6.45, 7) is 7.07. The van der Waals surface area contributed by atoms with E-state index in [9.17, 15) is 8.42 Å². The second kappa shape index (κ2) is 9.29. The van der Waals surface area contributed by atoms with Gasteiger partial charge in [-0.3, -0.25) is 4.90 Å². The molecule has 1 aromatic rings. The molecule has 1 aromatic heterocycles. The topological polar surface area (TPSA) is 60.0 Å². The van der Waals surface area contributed by atoms with Gasteiger partial charge in [0.05, 0.1) is 0 Å². The van der Waals surface area contributed by atoms with Crippen molar-refractivity contribution >= 4 is 15.8 Å². The van der Waals surface area contributed by atoms with Crippen molar-refractivity contribution in [3.63, 3.8) is 0 Å². The molecule has 162 valence electrons. The van der Waals surface area contributed by atoms with Gasteiger partial charge in [0.1, 0.15) is 10.7 Å². The maximum absolute atomic E-state index is 12.9. The fraction of sp³-hybridized carbons (Fsp3) is 0.762. The zero-order valence-corrected chi connectivity index (χ0v) is 18.5. The summed E-state index contributed by atoms with van der Waals surface area (Å²) in [5, 5.41) is 0. The molecular weight excluding hydrogens is 386 g/mol. The lowest BCUT2D eigenvalue weighted by atomic mass is 10.0. The highest BCUT2D eigenvalue weighted by molar-refractivity contribution is 7.89. The zero-order chi connectivity index (χ0) is 20.3. The highest BCUT2D eigenvalue weighted by Crippen LogP contribution is 2.25. The highest BCUT2D eigenvalue weighted by Gasteiger charge is 2.29. The van der Waals surface area contributed by atoms with Crippen LogP contribution >= 0.6 is 0 Å². The van der Waals surface area contributed by atoms with Crippen molar-refractivity contribution in [2.45, 2.75) is 49.5 Å². The van der Waals surface area contributed by atoms with Crippen molar-refractivity contribution in [2.24, 2.45) is 0 Å². The minimum Gasteiger partial charge on any atom is -0.355 e. The Hall–Kier alpha value is -1.22. The van der Waals surface area contributed by atoms with Gasteiger partial charge in [-0.15, -0.1) is 0 Å². The second-order valence-electron chi connectivity index (χ2n) is 8.75. The van der Waals surface area contributed by atoms with E-state index in [-0.39, 0.29) is 0 Å². The molecule has 29 heavy (non-hydrogen) atoms. The first kappa shape index (κ1) is 21.0. The average Bonchev–Trinajstić information content (AvgIpc) is 3.04. The van der Waals surface area contributed by atoms with E-state index in [1.165, 1.54) is 51.6 Å². The average molecular weight is 422 g/mol. The molecule has 0 amide bonds. The van der Waals surface area contributed by atoms with Gasteiger partial charge in [0.2, 0.25) is 10.0 Å². The van der Waals surface area contributed by atoms with Gasteiger partial charge in [-0.2, -0.15) is 4.31 Å². The summed E-state index contributed by atoms with van der Waals surface area (Å²) in [6, 6.07) is 4.23. The minimum absolute atomic E-state index is 0.312. The predicted octanol–water partition coefficient (Wildman–Crippen LogP) is 1.86. The largest absolute Gasteiger partial charge is 0.355 e. The molecule has 3 saturated heterocycles. The number of nitrogens with zero attached hydrogens (tertiary/aromatic N) is 5. The first-order valence-electron chi connectivity index (χ1n) is 11.2. The Balaban J connectivity index is 1.42. The number of likely N-dealkylation sites (N-methyl/N-ethyl adjacent to an activating group) is 1. The van der Waals surface area contributed by atoms with Crippen LogP contribution in [0.25, 0.3) is 0 Å². The van der Waals surface area contributed by atoms with Gasteiger partial charge in [0.25, 0.3) is 0 Å². The number of piperazine rings is 1. The minimum atomic E-state index is -3.45. The summed E-state index contributed by atoms with van der Waals surface area (Å²) in [4.78, 5) is 12.0. The number of likely N-dealkylation sites (tertiary alicyclic amines) is 1. The molecule has 8 heteroatoms. The summed E-state index contributed by atoms with van der Waals surface area (Å²) in [7, 11) is -1.42. The summed E-state index contributed by atoms with van der Waals surface area (Å²) in [5.74, 6) is 0.904. The number of rotatable bonds is 4. The predicted molar refractivity (Wildman–Crippen MR) is 116 cm³/mol. The SMILES string of the molecule is CN1CCN(S(=O)(=O)c2ccc(N3CCCC(N4CCCCCC4)C3)nc2)CC1. The Morgan fingerprint density at radius 3 is 2.28 bits per heavy atom. The van der Waals surface area contributed by atoms with Crippen LogP contribution in [0.3, 0.4) is 0 Å². The van der Waals surface area contributed by atoms with Gasteiger partial charge < -0.3 is 9.80 Å². The zero-order valence-electron chi connectivity index (χ0n) is 17.7. The molecule has 4 rings (SSSR count). The van der Waals surface area contributed by atoms with E-state index in [1.807, 2.05) is 13.1 Å². The molecule has 0 radical (unpaired) electrons. The second-order valence-corrected chi connectivity index (χ2v) is 10.7. The van der Waals surface area contributed by atoms with Crippen molar-refractivity contribution < 1.29 is 8.42 Å². The molecule has 7 nitrogen and oxygen atoms in total. The molecule has 3 aliphatic rings. The van der Waals surface area contributed by atoms with E-state index in [4.69, 9.17) is 0 Å². The maximum Gasteiger partial charge on any atom is 0.244 e. The third-order valence-electron chi connectivity index (χ3n) is 6.70. The highest BCUT2D eigenvalue weighted by atomic mass is 32.2. The third-order valence-corrected chi connectivity index (χ3v) is 8.58. The number of piperidine rings is 1. The van der Waals surface area contributed by atoms with E-state index < -0.39 is 10.0 Å². The van der Waals surface area contributed by atoms with Gasteiger partial charge in [-0.1, -0.05) is 12.8 Å². The number of hydrogen-bond donors (Lipinski definition) is 0. The van der Waals surface area contributed by atoms with E-state index >= 15 is 0 Å². The summed E-state index contributed by atoms with van der Waals surface area (Å²) in [6.07, 6.45) is 9.33. The first-order chi connectivity index (χ1) is 14.0. The molecule has 0 N–H and O–H groups in total. The molecule has 1 atom stereocenters. The Morgan fingerprint density at radius 1 is 0.897 bits per heavy atom. The number of sulfonamides is 1. The number of anilines is 1. The van der Waals surface area contributed by atoms with E-state index in [1.54, 1.807) is 16.6 Å². The van der Waals surface area contributed by atoms with Crippen LogP contribution in [0, 0.1) is 0 Å². The lowest BCUT2D eigenvalue weighted by molar-refractivity contribution is 0.182. The Morgan fingerprint density at radius 2 is 1.62 bits per heavy atom. The quantitative estimate of drug-likeness (QED) is 0.740. The normalized spacial score (nSPS) is 26.4. The van der Waals surface area contributed by atoms with Gasteiger partial charge >= 0.3 is 0 Å². The molecule has 3 fully saturated rings. The monoisotopic (exact) mass is 421 g/mol. The Kier molecular flexibility index (Phi) is 6.73. The van der Waals surface area contributed by atoms with Crippen molar-refractivity contribution in [3.05, 3.63) is 18.3 Å². The van der Waals surface area contributed by atoms with Crippen LogP contribution in [0.1, 0.15) is 38.5 Å². The number of aromatic nitrogens is 1. The van der Waals surface area contributed by atoms with Crippen LogP contribution in [-0.2, 0) is 10.0 Å². The summed E-state index contributed by atoms with van der Waals surface area (Å²) >= 11 is 0. The Bertz CT molecular complexity index is 754. The molecule has 0 aliphatic carbocycles. The van der Waals surface area contributed by atoms with Gasteiger partial charge in [-0.05, 0) is 58.0 Å². The molecule has 0 saturated carbocycles. The first-order valence-corrected chi connectivity index (χ1v) is 12.6. The van der Waals surface area contributed by atoms with Crippen LogP contribution in [0.4, 0.5) is 5.82 Å². The van der Waals surface area contributed by atoms with E-state index in [0.717, 1.165) is 32.0 Å². The number of hydrogen-bond acceptors (Lipinski definition) is 6. The van der Waals surface area contributed by atoms with Crippen LogP contribution in [0.2, 0.25) is 0 Å². The van der Waals surface area contributed by atoms with Gasteiger partial charge in [-0.25, -0.2) is 13.4 Å².